The quantitative estimate of drug-likeness (QED) is 0.362. The van der Waals surface area contributed by atoms with Crippen LogP contribution in [0.4, 0.5) is 29.3 Å². The van der Waals surface area contributed by atoms with E-state index in [2.05, 4.69) is 20.9 Å². The molecule has 0 saturated carbocycles. The van der Waals surface area contributed by atoms with E-state index in [0.717, 1.165) is 35.6 Å². The summed E-state index contributed by atoms with van der Waals surface area (Å²) in [6.45, 7) is 3.57. The van der Waals surface area contributed by atoms with Crippen molar-refractivity contribution in [3.63, 3.8) is 0 Å². The molecule has 3 aromatic rings. The number of carbonyl (C=O) groups is 3. The summed E-state index contributed by atoms with van der Waals surface area (Å²) < 4.78 is 42.7. The Balaban J connectivity index is 1.60. The van der Waals surface area contributed by atoms with Crippen LogP contribution in [0.3, 0.4) is 0 Å². The monoisotopic (exact) mass is 520 g/mol. The van der Waals surface area contributed by atoms with Crippen LogP contribution in [-0.2, 0) is 15.7 Å². The maximum Gasteiger partial charge on any atom is 0.416 e. The number of alkyl halides is 3. The summed E-state index contributed by atoms with van der Waals surface area (Å²) in [5.74, 6) is -1.20. The SMILES string of the molecule is COC(=O)C(NC(=O)c1nc(-c2ccc(NC(=O)Nc3ccc(C(F)(F)F)cc3)cc2)cs1)C(C)C. The van der Waals surface area contributed by atoms with Gasteiger partial charge < -0.3 is 20.7 Å². The van der Waals surface area contributed by atoms with Gasteiger partial charge in [0, 0.05) is 22.3 Å². The normalized spacial score (nSPS) is 12.1. The zero-order valence-corrected chi connectivity index (χ0v) is 20.3. The molecular formula is C24H23F3N4O4S. The third-order valence-electron chi connectivity index (χ3n) is 5.02. The Hall–Kier alpha value is -3.93. The first-order valence-corrected chi connectivity index (χ1v) is 11.6. The highest BCUT2D eigenvalue weighted by Gasteiger charge is 2.30. The molecule has 1 aromatic heterocycles. The second-order valence-corrected chi connectivity index (χ2v) is 8.85. The van der Waals surface area contributed by atoms with Gasteiger partial charge in [0.1, 0.15) is 6.04 Å². The summed E-state index contributed by atoms with van der Waals surface area (Å²) in [7, 11) is 1.25. The molecule has 1 unspecified atom stereocenters. The summed E-state index contributed by atoms with van der Waals surface area (Å²) in [6.07, 6.45) is -4.45. The second kappa shape index (κ2) is 11.2. The zero-order valence-electron chi connectivity index (χ0n) is 19.5. The molecule has 0 fully saturated rings. The van der Waals surface area contributed by atoms with Crippen molar-refractivity contribution in [2.45, 2.75) is 26.1 Å². The van der Waals surface area contributed by atoms with E-state index < -0.39 is 35.7 Å². The Morgan fingerprint density at radius 2 is 1.50 bits per heavy atom. The fraction of sp³-hybridized carbons (Fsp3) is 0.250. The highest BCUT2D eigenvalue weighted by molar-refractivity contribution is 7.12. The fourth-order valence-corrected chi connectivity index (χ4v) is 3.83. The largest absolute Gasteiger partial charge is 0.467 e. The lowest BCUT2D eigenvalue weighted by Gasteiger charge is -2.18. The van der Waals surface area contributed by atoms with Gasteiger partial charge in [-0.1, -0.05) is 26.0 Å². The van der Waals surface area contributed by atoms with E-state index in [0.29, 0.717) is 16.9 Å². The van der Waals surface area contributed by atoms with Crippen LogP contribution in [0.1, 0.15) is 29.2 Å². The molecular weight excluding hydrogens is 497 g/mol. The van der Waals surface area contributed by atoms with E-state index in [9.17, 15) is 27.6 Å². The van der Waals surface area contributed by atoms with E-state index in [-0.39, 0.29) is 16.6 Å². The first kappa shape index (κ1) is 26.7. The van der Waals surface area contributed by atoms with Gasteiger partial charge >= 0.3 is 18.2 Å². The molecule has 3 amide bonds. The predicted molar refractivity (Wildman–Crippen MR) is 130 cm³/mol. The van der Waals surface area contributed by atoms with Gasteiger partial charge in [0.15, 0.2) is 5.01 Å². The summed E-state index contributed by atoms with van der Waals surface area (Å²) in [5, 5.41) is 9.55. The van der Waals surface area contributed by atoms with Gasteiger partial charge in [0.05, 0.1) is 18.4 Å². The van der Waals surface area contributed by atoms with Crippen molar-refractivity contribution < 1.29 is 32.3 Å². The lowest BCUT2D eigenvalue weighted by molar-refractivity contribution is -0.144. The topological polar surface area (TPSA) is 109 Å². The number of anilines is 2. The Kier molecular flexibility index (Phi) is 8.30. The van der Waals surface area contributed by atoms with Crippen molar-refractivity contribution in [2.24, 2.45) is 5.92 Å². The van der Waals surface area contributed by atoms with E-state index in [1.807, 2.05) is 0 Å². The number of carbonyl (C=O) groups excluding carboxylic acids is 3. The number of benzene rings is 2. The number of nitrogens with one attached hydrogen (secondary N) is 3. The average molecular weight is 521 g/mol. The number of esters is 1. The summed E-state index contributed by atoms with van der Waals surface area (Å²) in [6, 6.07) is 9.28. The molecule has 190 valence electrons. The Labute approximate surface area is 208 Å². The second-order valence-electron chi connectivity index (χ2n) is 7.99. The molecule has 1 atom stereocenters. The number of nitrogens with zero attached hydrogens (tertiary/aromatic N) is 1. The van der Waals surface area contributed by atoms with Crippen LogP contribution in [0.5, 0.6) is 0 Å². The number of aromatic nitrogens is 1. The van der Waals surface area contributed by atoms with Crippen LogP contribution < -0.4 is 16.0 Å². The minimum atomic E-state index is -4.45. The number of amides is 3. The number of hydrogen-bond acceptors (Lipinski definition) is 6. The maximum absolute atomic E-state index is 12.6. The molecule has 0 bridgehead atoms. The predicted octanol–water partition coefficient (Wildman–Crippen LogP) is 5.40. The number of thiazole rings is 1. The standard InChI is InChI=1S/C24H23F3N4O4S/c1-13(2)19(22(33)35-3)31-20(32)21-30-18(12-36-21)14-4-8-16(9-5-14)28-23(34)29-17-10-6-15(7-11-17)24(25,26)27/h4-13,19H,1-3H3,(H,31,32)(H2,28,29,34). The molecule has 12 heteroatoms. The number of ether oxygens (including phenoxy) is 1. The smallest absolute Gasteiger partial charge is 0.416 e. The molecule has 0 aliphatic rings. The molecule has 1 heterocycles. The van der Waals surface area contributed by atoms with Gasteiger partial charge in [0.2, 0.25) is 0 Å². The molecule has 0 spiro atoms. The van der Waals surface area contributed by atoms with Crippen LogP contribution in [-0.4, -0.2) is 36.0 Å². The Morgan fingerprint density at radius 3 is 2.00 bits per heavy atom. The third kappa shape index (κ3) is 6.81. The van der Waals surface area contributed by atoms with Gasteiger partial charge in [-0.2, -0.15) is 13.2 Å². The summed E-state index contributed by atoms with van der Waals surface area (Å²) in [5.41, 5.74) is 1.05. The Bertz CT molecular complexity index is 1230. The third-order valence-corrected chi connectivity index (χ3v) is 5.86. The first-order chi connectivity index (χ1) is 17.0. The van der Waals surface area contributed by atoms with Crippen LogP contribution >= 0.6 is 11.3 Å². The number of halogens is 3. The van der Waals surface area contributed by atoms with Crippen LogP contribution in [0.25, 0.3) is 11.3 Å². The van der Waals surface area contributed by atoms with Crippen molar-refractivity contribution in [3.8, 4) is 11.3 Å². The molecule has 0 saturated heterocycles. The van der Waals surface area contributed by atoms with Crippen molar-refractivity contribution in [2.75, 3.05) is 17.7 Å². The van der Waals surface area contributed by atoms with E-state index in [4.69, 9.17) is 4.74 Å². The minimum Gasteiger partial charge on any atom is -0.467 e. The molecule has 0 aliphatic carbocycles. The molecule has 36 heavy (non-hydrogen) atoms. The molecule has 2 aromatic carbocycles. The average Bonchev–Trinajstić information content (AvgIpc) is 3.32. The van der Waals surface area contributed by atoms with E-state index in [1.165, 1.54) is 7.11 Å². The van der Waals surface area contributed by atoms with E-state index in [1.54, 1.807) is 43.5 Å². The molecule has 3 N–H and O–H groups in total. The molecule has 8 nitrogen and oxygen atoms in total. The number of rotatable bonds is 7. The maximum atomic E-state index is 12.6. The fourth-order valence-electron chi connectivity index (χ4n) is 3.10. The Morgan fingerprint density at radius 1 is 0.944 bits per heavy atom. The van der Waals surface area contributed by atoms with Crippen molar-refractivity contribution in [1.29, 1.82) is 0 Å². The van der Waals surface area contributed by atoms with Gasteiger partial charge in [-0.3, -0.25) is 4.79 Å². The van der Waals surface area contributed by atoms with Crippen molar-refractivity contribution >= 4 is 40.6 Å². The van der Waals surface area contributed by atoms with Crippen molar-refractivity contribution in [1.82, 2.24) is 10.3 Å². The van der Waals surface area contributed by atoms with Crippen LogP contribution in [0.15, 0.2) is 53.9 Å². The zero-order chi connectivity index (χ0) is 26.5. The molecule has 0 aliphatic heterocycles. The van der Waals surface area contributed by atoms with Gasteiger partial charge in [-0.25, -0.2) is 14.6 Å². The lowest BCUT2D eigenvalue weighted by Crippen LogP contribution is -2.45. The highest BCUT2D eigenvalue weighted by Crippen LogP contribution is 2.30. The summed E-state index contributed by atoms with van der Waals surface area (Å²) >= 11 is 1.12. The summed E-state index contributed by atoms with van der Waals surface area (Å²) in [4.78, 5) is 40.9. The van der Waals surface area contributed by atoms with E-state index >= 15 is 0 Å². The molecule has 3 rings (SSSR count). The number of methoxy groups -OCH3 is 1. The van der Waals surface area contributed by atoms with Crippen LogP contribution in [0, 0.1) is 5.92 Å². The minimum absolute atomic E-state index is 0.169. The number of hydrogen-bond donors (Lipinski definition) is 3. The highest BCUT2D eigenvalue weighted by atomic mass is 32.1. The van der Waals surface area contributed by atoms with Gasteiger partial charge in [-0.15, -0.1) is 11.3 Å². The molecule has 0 radical (unpaired) electrons. The van der Waals surface area contributed by atoms with Crippen molar-refractivity contribution in [3.05, 3.63) is 64.5 Å². The number of urea groups is 1. The van der Waals surface area contributed by atoms with Gasteiger partial charge in [0.25, 0.3) is 5.91 Å². The van der Waals surface area contributed by atoms with Crippen LogP contribution in [0.2, 0.25) is 0 Å². The van der Waals surface area contributed by atoms with Gasteiger partial charge in [-0.05, 0) is 42.3 Å². The lowest BCUT2D eigenvalue weighted by atomic mass is 10.0. The first-order valence-electron chi connectivity index (χ1n) is 10.7.